The van der Waals surface area contributed by atoms with Gasteiger partial charge in [-0.25, -0.2) is 9.97 Å². The lowest BCUT2D eigenvalue weighted by Crippen LogP contribution is -2.20. The molecule has 0 aliphatic heterocycles. The molecule has 7 nitrogen and oxygen atoms in total. The Morgan fingerprint density at radius 2 is 1.80 bits per heavy atom. The number of nitrogens with zero attached hydrogens (tertiary/aromatic N) is 2. The molecular formula is C33H34N4O3. The van der Waals surface area contributed by atoms with Crippen molar-refractivity contribution in [2.45, 2.75) is 41.2 Å². The van der Waals surface area contributed by atoms with Crippen molar-refractivity contribution in [2.24, 2.45) is 0 Å². The number of benzene rings is 2. The van der Waals surface area contributed by atoms with Crippen LogP contribution in [0.5, 0.6) is 5.75 Å². The second-order valence-corrected chi connectivity index (χ2v) is 9.73. The molecule has 2 aromatic heterocycles. The number of hydrogen-bond acceptors (Lipinski definition) is 5. The average molecular weight is 535 g/mol. The molecule has 0 spiro atoms. The average Bonchev–Trinajstić information content (AvgIpc) is 2.92. The van der Waals surface area contributed by atoms with Gasteiger partial charge in [0.05, 0.1) is 0 Å². The molecule has 2 amide bonds. The Morgan fingerprint density at radius 1 is 0.975 bits per heavy atom. The number of amides is 2. The van der Waals surface area contributed by atoms with E-state index in [9.17, 15) is 9.59 Å². The SMILES string of the molecule is CC(=O)Nc1ccc(C=CC(=O)NCC=C(C)c2ccc(C)c(COc3cccc4ccc(C)nc34)c2C)cn1. The summed E-state index contributed by atoms with van der Waals surface area (Å²) in [5, 5.41) is 6.56. The van der Waals surface area contributed by atoms with Crippen LogP contribution in [0.4, 0.5) is 5.82 Å². The van der Waals surface area contributed by atoms with Crippen molar-refractivity contribution in [3.8, 4) is 5.75 Å². The van der Waals surface area contributed by atoms with Gasteiger partial charge in [0.25, 0.3) is 0 Å². The molecule has 0 aliphatic rings. The fraction of sp³-hybridized carbons (Fsp3) is 0.212. The van der Waals surface area contributed by atoms with Crippen LogP contribution >= 0.6 is 0 Å². The maximum absolute atomic E-state index is 12.3. The molecule has 204 valence electrons. The van der Waals surface area contributed by atoms with Crippen molar-refractivity contribution in [3.05, 3.63) is 106 Å². The molecule has 0 radical (unpaired) electrons. The number of anilines is 1. The fourth-order valence-electron chi connectivity index (χ4n) is 4.43. The second-order valence-electron chi connectivity index (χ2n) is 9.73. The van der Waals surface area contributed by atoms with Gasteiger partial charge in [0.15, 0.2) is 0 Å². The first kappa shape index (κ1) is 28.2. The highest BCUT2D eigenvalue weighted by molar-refractivity contribution is 5.92. The number of nitrogens with one attached hydrogen (secondary N) is 2. The number of rotatable bonds is 9. The van der Waals surface area contributed by atoms with Crippen molar-refractivity contribution in [2.75, 3.05) is 11.9 Å². The van der Waals surface area contributed by atoms with Crippen molar-refractivity contribution < 1.29 is 14.3 Å². The zero-order valence-corrected chi connectivity index (χ0v) is 23.5. The summed E-state index contributed by atoms with van der Waals surface area (Å²) < 4.78 is 6.29. The van der Waals surface area contributed by atoms with Crippen LogP contribution in [-0.4, -0.2) is 28.3 Å². The van der Waals surface area contributed by atoms with Crippen LogP contribution < -0.4 is 15.4 Å². The molecule has 0 bridgehead atoms. The summed E-state index contributed by atoms with van der Waals surface area (Å²) in [6, 6.07) is 17.7. The zero-order chi connectivity index (χ0) is 28.6. The van der Waals surface area contributed by atoms with Crippen LogP contribution in [0.25, 0.3) is 22.6 Å². The van der Waals surface area contributed by atoms with E-state index in [1.807, 2.05) is 44.2 Å². The van der Waals surface area contributed by atoms with Crippen molar-refractivity contribution in [1.82, 2.24) is 15.3 Å². The van der Waals surface area contributed by atoms with Crippen LogP contribution in [0, 0.1) is 20.8 Å². The summed E-state index contributed by atoms with van der Waals surface area (Å²) in [4.78, 5) is 32.3. The van der Waals surface area contributed by atoms with Gasteiger partial charge in [0, 0.05) is 36.8 Å². The normalized spacial score (nSPS) is 11.6. The van der Waals surface area contributed by atoms with E-state index in [1.54, 1.807) is 24.4 Å². The predicted octanol–water partition coefficient (Wildman–Crippen LogP) is 6.33. The lowest BCUT2D eigenvalue weighted by Gasteiger charge is -2.16. The molecule has 7 heteroatoms. The third-order valence-corrected chi connectivity index (χ3v) is 6.65. The number of pyridine rings is 2. The third-order valence-electron chi connectivity index (χ3n) is 6.65. The number of ether oxygens (including phenoxy) is 1. The number of aromatic nitrogens is 2. The number of fused-ring (bicyclic) bond motifs is 1. The quantitative estimate of drug-likeness (QED) is 0.245. The molecule has 0 saturated heterocycles. The molecule has 0 saturated carbocycles. The van der Waals surface area contributed by atoms with E-state index in [4.69, 9.17) is 4.74 Å². The Balaban J connectivity index is 1.39. The summed E-state index contributed by atoms with van der Waals surface area (Å²) in [6.07, 6.45) is 6.75. The smallest absolute Gasteiger partial charge is 0.244 e. The molecular weight excluding hydrogens is 500 g/mol. The van der Waals surface area contributed by atoms with Gasteiger partial charge < -0.3 is 15.4 Å². The largest absolute Gasteiger partial charge is 0.487 e. The second kappa shape index (κ2) is 12.8. The first-order valence-corrected chi connectivity index (χ1v) is 13.2. The number of allylic oxidation sites excluding steroid dienone is 1. The molecule has 0 unspecified atom stereocenters. The van der Waals surface area contributed by atoms with Crippen molar-refractivity contribution >= 4 is 40.2 Å². The van der Waals surface area contributed by atoms with Gasteiger partial charge in [0.2, 0.25) is 11.8 Å². The molecule has 0 atom stereocenters. The van der Waals surface area contributed by atoms with Gasteiger partial charge in [0.1, 0.15) is 23.7 Å². The molecule has 2 heterocycles. The van der Waals surface area contributed by atoms with Crippen molar-refractivity contribution in [1.29, 1.82) is 0 Å². The van der Waals surface area contributed by atoms with Gasteiger partial charge in [-0.05, 0) is 91.4 Å². The molecule has 2 N–H and O–H groups in total. The lowest BCUT2D eigenvalue weighted by molar-refractivity contribution is -0.116. The van der Waals surface area contributed by atoms with Gasteiger partial charge in [-0.1, -0.05) is 36.4 Å². The maximum atomic E-state index is 12.3. The Bertz CT molecular complexity index is 1600. The summed E-state index contributed by atoms with van der Waals surface area (Å²) in [5.41, 5.74) is 8.23. The molecule has 40 heavy (non-hydrogen) atoms. The first-order valence-electron chi connectivity index (χ1n) is 13.2. The van der Waals surface area contributed by atoms with Crippen LogP contribution in [0.3, 0.4) is 0 Å². The number of carbonyl (C=O) groups is 2. The molecule has 2 aromatic carbocycles. The molecule has 4 rings (SSSR count). The van der Waals surface area contributed by atoms with E-state index >= 15 is 0 Å². The first-order chi connectivity index (χ1) is 19.2. The highest BCUT2D eigenvalue weighted by atomic mass is 16.5. The van der Waals surface area contributed by atoms with Gasteiger partial charge in [-0.3, -0.25) is 9.59 Å². The van der Waals surface area contributed by atoms with Crippen LogP contribution in [-0.2, 0) is 16.2 Å². The topological polar surface area (TPSA) is 93.2 Å². The standard InChI is InChI=1S/C33H34N4O3/c1-21-9-14-28(24(4)29(21)20-40-30-8-6-7-27-13-10-23(3)36-33(27)30)22(2)17-18-34-32(39)16-12-26-11-15-31(35-19-26)37-25(5)38/h6-17,19H,18,20H2,1-5H3,(H,34,39)(H,35,37,38). The molecule has 0 aliphatic carbocycles. The maximum Gasteiger partial charge on any atom is 0.244 e. The van der Waals surface area contributed by atoms with E-state index in [0.29, 0.717) is 19.0 Å². The zero-order valence-electron chi connectivity index (χ0n) is 23.5. The van der Waals surface area contributed by atoms with E-state index in [2.05, 4.69) is 52.6 Å². The molecule has 0 fully saturated rings. The summed E-state index contributed by atoms with van der Waals surface area (Å²) in [7, 11) is 0. The van der Waals surface area contributed by atoms with Crippen LogP contribution in [0.15, 0.2) is 72.9 Å². The minimum Gasteiger partial charge on any atom is -0.487 e. The highest BCUT2D eigenvalue weighted by Gasteiger charge is 2.11. The minimum absolute atomic E-state index is 0.183. The van der Waals surface area contributed by atoms with Gasteiger partial charge >= 0.3 is 0 Å². The summed E-state index contributed by atoms with van der Waals surface area (Å²) >= 11 is 0. The minimum atomic E-state index is -0.205. The summed E-state index contributed by atoms with van der Waals surface area (Å²) in [5.74, 6) is 0.852. The Kier molecular flexibility index (Phi) is 9.07. The number of aryl methyl sites for hydroxylation is 2. The van der Waals surface area contributed by atoms with Crippen LogP contribution in [0.1, 0.15) is 47.4 Å². The van der Waals surface area contributed by atoms with Crippen molar-refractivity contribution in [3.63, 3.8) is 0 Å². The van der Waals surface area contributed by atoms with Gasteiger partial charge in [-0.15, -0.1) is 0 Å². The van der Waals surface area contributed by atoms with E-state index in [0.717, 1.165) is 55.7 Å². The number of carbonyl (C=O) groups excluding carboxylic acids is 2. The fourth-order valence-corrected chi connectivity index (χ4v) is 4.43. The molecule has 4 aromatic rings. The van der Waals surface area contributed by atoms with Crippen LogP contribution in [0.2, 0.25) is 0 Å². The Labute approximate surface area is 235 Å². The van der Waals surface area contributed by atoms with E-state index in [1.165, 1.54) is 13.0 Å². The van der Waals surface area contributed by atoms with E-state index < -0.39 is 0 Å². The Morgan fingerprint density at radius 3 is 2.55 bits per heavy atom. The van der Waals surface area contributed by atoms with Gasteiger partial charge in [-0.2, -0.15) is 0 Å². The highest BCUT2D eigenvalue weighted by Crippen LogP contribution is 2.28. The number of hydrogen-bond donors (Lipinski definition) is 2. The Hall–Kier alpha value is -4.78. The summed E-state index contributed by atoms with van der Waals surface area (Å²) in [6.45, 7) is 10.5. The lowest BCUT2D eigenvalue weighted by atomic mass is 9.94. The number of para-hydroxylation sites is 1. The predicted molar refractivity (Wildman–Crippen MR) is 161 cm³/mol. The van der Waals surface area contributed by atoms with E-state index in [-0.39, 0.29) is 11.8 Å². The monoisotopic (exact) mass is 534 g/mol. The third kappa shape index (κ3) is 7.20.